The lowest BCUT2D eigenvalue weighted by Crippen LogP contribution is -2.55. The highest BCUT2D eigenvalue weighted by Gasteiger charge is 2.46. The van der Waals surface area contributed by atoms with Gasteiger partial charge in [-0.05, 0) is 6.07 Å². The Balaban J connectivity index is 1.88. The number of hydrogen-bond donors (Lipinski definition) is 9. The number of ether oxygens (including phenoxy) is 1. The van der Waals surface area contributed by atoms with Gasteiger partial charge in [-0.15, -0.1) is 0 Å². The maximum atomic E-state index is 12.8. The maximum Gasteiger partial charge on any atom is 0.197 e. The van der Waals surface area contributed by atoms with Gasteiger partial charge in [0.25, 0.3) is 0 Å². The summed E-state index contributed by atoms with van der Waals surface area (Å²) in [4.78, 5) is 12.8. The largest absolute Gasteiger partial charge is 0.507 e. The van der Waals surface area contributed by atoms with Crippen LogP contribution in [0.5, 0.6) is 28.7 Å². The molecule has 2 aromatic carbocycles. The Labute approximate surface area is 184 Å². The third kappa shape index (κ3) is 3.59. The first-order valence-electron chi connectivity index (χ1n) is 9.63. The fraction of sp³-hybridized carbons (Fsp3) is 0.286. The summed E-state index contributed by atoms with van der Waals surface area (Å²) in [5.41, 5.74) is -1.83. The molecule has 4 rings (SSSR count). The van der Waals surface area contributed by atoms with Crippen molar-refractivity contribution < 1.29 is 55.1 Å². The minimum absolute atomic E-state index is 0.165. The second kappa shape index (κ2) is 8.10. The van der Waals surface area contributed by atoms with Gasteiger partial charge in [0.2, 0.25) is 0 Å². The van der Waals surface area contributed by atoms with Crippen molar-refractivity contribution >= 4 is 11.0 Å². The van der Waals surface area contributed by atoms with Gasteiger partial charge in [-0.2, -0.15) is 0 Å². The molecule has 1 saturated heterocycles. The average Bonchev–Trinajstić information content (AvgIpc) is 2.75. The Bertz CT molecular complexity index is 1280. The molecule has 0 saturated carbocycles. The number of aliphatic hydroxyl groups excluding tert-OH is 4. The summed E-state index contributed by atoms with van der Waals surface area (Å²) in [7, 11) is 0. The Kier molecular flexibility index (Phi) is 5.56. The fourth-order valence-corrected chi connectivity index (χ4v) is 3.82. The lowest BCUT2D eigenvalue weighted by atomic mass is 9.89. The lowest BCUT2D eigenvalue weighted by molar-refractivity contribution is -0.232. The minimum Gasteiger partial charge on any atom is -0.507 e. The summed E-state index contributed by atoms with van der Waals surface area (Å²) < 4.78 is 10.9. The first kappa shape index (κ1) is 22.6. The highest BCUT2D eigenvalue weighted by molar-refractivity contribution is 5.88. The molecule has 1 aromatic heterocycles. The number of fused-ring (bicyclic) bond motifs is 1. The van der Waals surface area contributed by atoms with Crippen molar-refractivity contribution in [3.05, 3.63) is 40.1 Å². The van der Waals surface area contributed by atoms with E-state index in [0.717, 1.165) is 24.3 Å². The van der Waals surface area contributed by atoms with Crippen LogP contribution >= 0.6 is 0 Å². The van der Waals surface area contributed by atoms with Crippen molar-refractivity contribution in [2.24, 2.45) is 0 Å². The molecule has 0 bridgehead atoms. The summed E-state index contributed by atoms with van der Waals surface area (Å²) in [5.74, 6) is -3.55. The van der Waals surface area contributed by atoms with E-state index in [2.05, 4.69) is 0 Å². The predicted molar refractivity (Wildman–Crippen MR) is 109 cm³/mol. The van der Waals surface area contributed by atoms with Crippen LogP contribution in [-0.4, -0.2) is 77.0 Å². The number of rotatable bonds is 3. The van der Waals surface area contributed by atoms with Crippen LogP contribution in [0, 0.1) is 0 Å². The minimum atomic E-state index is -1.83. The summed E-state index contributed by atoms with van der Waals surface area (Å²) in [5, 5.41) is 89.7. The van der Waals surface area contributed by atoms with Gasteiger partial charge in [0.15, 0.2) is 16.9 Å². The molecule has 2 heterocycles. The van der Waals surface area contributed by atoms with E-state index in [1.165, 1.54) is 0 Å². The molecule has 3 aromatic rings. The standard InChI is InChI=1S/C21H20O12/c22-5-14-17(28)19(30)20(31)21(33-14)16-11(27)4-13-15(18(16)29)10(26)3-12(32-13)6-1-8(24)9(25)2-7(6)23/h1-4,14,17,19-25,27-31H,5H2/t14-,17-,19+,20-,21+/m1/s1. The van der Waals surface area contributed by atoms with Gasteiger partial charge < -0.3 is 55.1 Å². The van der Waals surface area contributed by atoms with E-state index in [-0.39, 0.29) is 16.9 Å². The predicted octanol–water partition coefficient (Wildman–Crippen LogP) is -0.497. The molecule has 0 amide bonds. The van der Waals surface area contributed by atoms with Gasteiger partial charge in [-0.3, -0.25) is 4.79 Å². The van der Waals surface area contributed by atoms with Crippen LogP contribution in [0.25, 0.3) is 22.3 Å². The van der Waals surface area contributed by atoms with Crippen LogP contribution in [0.3, 0.4) is 0 Å². The van der Waals surface area contributed by atoms with Crippen LogP contribution in [0.2, 0.25) is 0 Å². The normalized spacial score (nSPS) is 25.4. The van der Waals surface area contributed by atoms with Gasteiger partial charge in [-0.25, -0.2) is 0 Å². The second-order valence-corrected chi connectivity index (χ2v) is 7.61. The molecule has 1 aliphatic heterocycles. The molecule has 0 spiro atoms. The molecular weight excluding hydrogens is 444 g/mol. The van der Waals surface area contributed by atoms with E-state index in [0.29, 0.717) is 0 Å². The molecule has 1 fully saturated rings. The number of phenolic OH excluding ortho intramolecular Hbond substituents is 5. The molecule has 176 valence electrons. The SMILES string of the molecule is O=c1cc(-c2cc(O)c(O)cc2O)oc2cc(O)c([C@@H]3O[C@H](CO)[C@@H](O)[C@H](O)[C@H]3O)c(O)c12. The number of aliphatic hydroxyl groups is 4. The van der Waals surface area contributed by atoms with E-state index >= 15 is 0 Å². The zero-order valence-corrected chi connectivity index (χ0v) is 16.7. The van der Waals surface area contributed by atoms with E-state index in [9.17, 15) is 50.8 Å². The molecule has 33 heavy (non-hydrogen) atoms. The molecule has 0 unspecified atom stereocenters. The van der Waals surface area contributed by atoms with Gasteiger partial charge in [0, 0.05) is 18.2 Å². The zero-order valence-electron chi connectivity index (χ0n) is 16.7. The van der Waals surface area contributed by atoms with Crippen LogP contribution < -0.4 is 5.43 Å². The fourth-order valence-electron chi connectivity index (χ4n) is 3.82. The third-order valence-corrected chi connectivity index (χ3v) is 5.55. The van der Waals surface area contributed by atoms with Crippen molar-refractivity contribution in [2.75, 3.05) is 6.61 Å². The Morgan fingerprint density at radius 1 is 0.788 bits per heavy atom. The number of benzene rings is 2. The van der Waals surface area contributed by atoms with Gasteiger partial charge in [-0.1, -0.05) is 0 Å². The Hall–Kier alpha value is -3.55. The number of phenols is 5. The van der Waals surface area contributed by atoms with E-state index < -0.39 is 82.3 Å². The molecule has 12 nitrogen and oxygen atoms in total. The van der Waals surface area contributed by atoms with Crippen LogP contribution in [-0.2, 0) is 4.74 Å². The summed E-state index contributed by atoms with van der Waals surface area (Å²) in [6.07, 6.45) is -8.25. The van der Waals surface area contributed by atoms with Crippen molar-refractivity contribution in [1.82, 2.24) is 0 Å². The number of aromatic hydroxyl groups is 5. The first-order valence-corrected chi connectivity index (χ1v) is 9.63. The molecule has 1 aliphatic rings. The highest BCUT2D eigenvalue weighted by atomic mass is 16.5. The van der Waals surface area contributed by atoms with Crippen LogP contribution in [0.15, 0.2) is 33.5 Å². The molecule has 12 heteroatoms. The molecule has 0 aliphatic carbocycles. The average molecular weight is 464 g/mol. The molecule has 9 N–H and O–H groups in total. The lowest BCUT2D eigenvalue weighted by Gasteiger charge is -2.40. The first-order chi connectivity index (χ1) is 15.5. The van der Waals surface area contributed by atoms with Crippen LogP contribution in [0.4, 0.5) is 0 Å². The van der Waals surface area contributed by atoms with E-state index in [1.807, 2.05) is 0 Å². The van der Waals surface area contributed by atoms with E-state index in [4.69, 9.17) is 9.15 Å². The van der Waals surface area contributed by atoms with Crippen molar-refractivity contribution in [2.45, 2.75) is 30.5 Å². The highest BCUT2D eigenvalue weighted by Crippen LogP contribution is 2.45. The Morgan fingerprint density at radius 3 is 2.12 bits per heavy atom. The Morgan fingerprint density at radius 2 is 1.45 bits per heavy atom. The van der Waals surface area contributed by atoms with Crippen molar-refractivity contribution in [3.8, 4) is 40.1 Å². The van der Waals surface area contributed by atoms with Gasteiger partial charge >= 0.3 is 0 Å². The molecule has 0 radical (unpaired) electrons. The van der Waals surface area contributed by atoms with Crippen LogP contribution in [0.1, 0.15) is 11.7 Å². The maximum absolute atomic E-state index is 12.8. The molecule has 5 atom stereocenters. The smallest absolute Gasteiger partial charge is 0.197 e. The molecular formula is C21H20O12. The third-order valence-electron chi connectivity index (χ3n) is 5.55. The second-order valence-electron chi connectivity index (χ2n) is 7.61. The number of hydrogen-bond acceptors (Lipinski definition) is 12. The van der Waals surface area contributed by atoms with Crippen molar-refractivity contribution in [3.63, 3.8) is 0 Å². The monoisotopic (exact) mass is 464 g/mol. The summed E-state index contributed by atoms with van der Waals surface area (Å²) in [6, 6.07) is 3.57. The van der Waals surface area contributed by atoms with E-state index in [1.54, 1.807) is 0 Å². The van der Waals surface area contributed by atoms with Crippen molar-refractivity contribution in [1.29, 1.82) is 0 Å². The quantitative estimate of drug-likeness (QED) is 0.177. The van der Waals surface area contributed by atoms with Gasteiger partial charge in [0.1, 0.15) is 64.5 Å². The van der Waals surface area contributed by atoms with Gasteiger partial charge in [0.05, 0.1) is 17.7 Å². The summed E-state index contributed by atoms with van der Waals surface area (Å²) >= 11 is 0. The topological polar surface area (TPSA) is 222 Å². The zero-order chi connectivity index (χ0) is 24.2. The summed E-state index contributed by atoms with van der Waals surface area (Å²) in [6.45, 7) is -0.745.